The highest BCUT2D eigenvalue weighted by molar-refractivity contribution is 5.93. The van der Waals surface area contributed by atoms with Crippen molar-refractivity contribution in [2.75, 3.05) is 26.9 Å². The molecule has 0 saturated heterocycles. The molecule has 266 valence electrons. The van der Waals surface area contributed by atoms with Gasteiger partial charge in [0.15, 0.2) is 5.78 Å². The third-order valence-corrected chi connectivity index (χ3v) is 7.62. The molecule has 0 radical (unpaired) electrons. The quantitative estimate of drug-likeness (QED) is 0.221. The van der Waals surface area contributed by atoms with Crippen LogP contribution in [0.3, 0.4) is 0 Å². The van der Waals surface area contributed by atoms with Crippen LogP contribution in [0.2, 0.25) is 0 Å². The van der Waals surface area contributed by atoms with Crippen LogP contribution in [0.5, 0.6) is 11.5 Å². The Morgan fingerprint density at radius 1 is 0.857 bits per heavy atom. The maximum atomic E-state index is 13.8. The first kappa shape index (κ1) is 38.6. The summed E-state index contributed by atoms with van der Waals surface area (Å²) in [5.74, 6) is -1.36. The van der Waals surface area contributed by atoms with Crippen molar-refractivity contribution < 1.29 is 42.9 Å². The summed E-state index contributed by atoms with van der Waals surface area (Å²) in [4.78, 5) is 64.6. The Morgan fingerprint density at radius 3 is 1.96 bits per heavy atom. The van der Waals surface area contributed by atoms with Crippen molar-refractivity contribution >= 4 is 29.7 Å². The lowest BCUT2D eigenvalue weighted by Crippen LogP contribution is -2.47. The fourth-order valence-electron chi connectivity index (χ4n) is 5.19. The minimum absolute atomic E-state index is 0.154. The fourth-order valence-corrected chi connectivity index (χ4v) is 5.19. The number of alkyl carbamates (subject to hydrolysis) is 1. The van der Waals surface area contributed by atoms with Crippen LogP contribution < -0.4 is 25.4 Å². The molecule has 49 heavy (non-hydrogen) atoms. The lowest BCUT2D eigenvalue weighted by atomic mass is 9.90. The van der Waals surface area contributed by atoms with Crippen molar-refractivity contribution in [1.82, 2.24) is 16.0 Å². The molecule has 0 fully saturated rings. The van der Waals surface area contributed by atoms with Crippen molar-refractivity contribution in [3.63, 3.8) is 0 Å². The van der Waals surface area contributed by atoms with E-state index in [9.17, 15) is 24.0 Å². The molecule has 12 nitrogen and oxygen atoms in total. The van der Waals surface area contributed by atoms with Gasteiger partial charge in [-0.15, -0.1) is 0 Å². The summed E-state index contributed by atoms with van der Waals surface area (Å²) >= 11 is 0. The second-order valence-electron chi connectivity index (χ2n) is 12.9. The van der Waals surface area contributed by atoms with Crippen molar-refractivity contribution in [1.29, 1.82) is 0 Å². The van der Waals surface area contributed by atoms with E-state index >= 15 is 0 Å². The Morgan fingerprint density at radius 2 is 1.43 bits per heavy atom. The van der Waals surface area contributed by atoms with Gasteiger partial charge in [-0.25, -0.2) is 9.59 Å². The summed E-state index contributed by atoms with van der Waals surface area (Å²) in [6.45, 7) is 7.63. The number of amides is 3. The van der Waals surface area contributed by atoms with Crippen LogP contribution in [0, 0.1) is 5.92 Å². The number of hydrogen-bond donors (Lipinski definition) is 3. The average Bonchev–Trinajstić information content (AvgIpc) is 3.04. The molecule has 3 atom stereocenters. The number of nitrogens with one attached hydrogen (secondary N) is 3. The molecular weight excluding hydrogens is 630 g/mol. The molecule has 0 aliphatic carbocycles. The van der Waals surface area contributed by atoms with Gasteiger partial charge in [0.05, 0.1) is 13.2 Å². The summed E-state index contributed by atoms with van der Waals surface area (Å²) in [5.41, 5.74) is 0.929. The zero-order chi connectivity index (χ0) is 35.8. The second-order valence-corrected chi connectivity index (χ2v) is 12.9. The number of carbonyl (C=O) groups excluding carboxylic acids is 5. The zero-order valence-electron chi connectivity index (χ0n) is 29.0. The van der Waals surface area contributed by atoms with Crippen LogP contribution in [0.4, 0.5) is 4.79 Å². The number of ether oxygens (including phenoxy) is 4. The Kier molecular flexibility index (Phi) is 15.1. The maximum absolute atomic E-state index is 13.8. The molecule has 4 heterocycles. The summed E-state index contributed by atoms with van der Waals surface area (Å²) < 4.78 is 21.8. The highest BCUT2D eigenvalue weighted by atomic mass is 16.6. The Balaban J connectivity index is 1.85. The predicted octanol–water partition coefficient (Wildman–Crippen LogP) is 4.23. The van der Waals surface area contributed by atoms with E-state index in [2.05, 4.69) is 16.0 Å². The first-order chi connectivity index (χ1) is 23.3. The topological polar surface area (TPSA) is 158 Å². The number of hydrogen-bond acceptors (Lipinski definition) is 9. The molecule has 0 unspecified atom stereocenters. The van der Waals surface area contributed by atoms with Gasteiger partial charge in [-0.05, 0) is 87.6 Å². The number of methoxy groups -OCH3 is 1. The summed E-state index contributed by atoms with van der Waals surface area (Å²) in [7, 11) is 1.25. The number of carbonyl (C=O) groups is 5. The molecule has 2 aromatic carbocycles. The molecule has 0 aromatic heterocycles. The van der Waals surface area contributed by atoms with Crippen LogP contribution in [0.15, 0.2) is 60.7 Å². The summed E-state index contributed by atoms with van der Waals surface area (Å²) in [6, 6.07) is 12.5. The van der Waals surface area contributed by atoms with Gasteiger partial charge >= 0.3 is 12.1 Å². The maximum Gasteiger partial charge on any atom is 0.407 e. The van der Waals surface area contributed by atoms with Gasteiger partial charge in [-0.2, -0.15) is 0 Å². The Labute approximate surface area is 288 Å². The number of unbranched alkanes of at least 4 members (excludes halogenated alkanes) is 1. The van der Waals surface area contributed by atoms with E-state index in [1.807, 2.05) is 24.3 Å². The van der Waals surface area contributed by atoms with Gasteiger partial charge in [0.25, 0.3) is 0 Å². The first-order valence-corrected chi connectivity index (χ1v) is 16.6. The minimum Gasteiger partial charge on any atom is -0.490 e. The highest BCUT2D eigenvalue weighted by Crippen LogP contribution is 2.20. The first-order valence-electron chi connectivity index (χ1n) is 16.6. The lowest BCUT2D eigenvalue weighted by molar-refractivity contribution is -0.145. The van der Waals surface area contributed by atoms with Gasteiger partial charge in [0, 0.05) is 32.2 Å². The number of Topliss-reactive ketones (excluding diaryl/α,β-unsaturated/α-hetero) is 1. The van der Waals surface area contributed by atoms with Crippen LogP contribution in [-0.2, 0) is 41.5 Å². The normalized spacial score (nSPS) is 19.8. The second kappa shape index (κ2) is 19.2. The van der Waals surface area contributed by atoms with Gasteiger partial charge in [0.1, 0.15) is 36.4 Å². The van der Waals surface area contributed by atoms with Gasteiger partial charge in [-0.1, -0.05) is 30.7 Å². The van der Waals surface area contributed by atoms with Crippen molar-refractivity contribution in [3.8, 4) is 11.5 Å². The number of esters is 1. The third kappa shape index (κ3) is 14.4. The molecule has 0 saturated carbocycles. The molecule has 0 spiro atoms. The monoisotopic (exact) mass is 679 g/mol. The zero-order valence-corrected chi connectivity index (χ0v) is 29.0. The number of benzene rings is 2. The highest BCUT2D eigenvalue weighted by Gasteiger charge is 2.30. The molecule has 3 amide bonds. The van der Waals surface area contributed by atoms with E-state index in [4.69, 9.17) is 18.9 Å². The smallest absolute Gasteiger partial charge is 0.407 e. The largest absolute Gasteiger partial charge is 0.490 e. The Hall–Kier alpha value is -4.87. The summed E-state index contributed by atoms with van der Waals surface area (Å²) in [6.07, 6.45) is 4.64. The van der Waals surface area contributed by atoms with E-state index in [-0.39, 0.29) is 31.0 Å². The third-order valence-electron chi connectivity index (χ3n) is 7.62. The van der Waals surface area contributed by atoms with Crippen LogP contribution in [-0.4, -0.2) is 74.2 Å². The van der Waals surface area contributed by atoms with Crippen LogP contribution in [0.25, 0.3) is 0 Å². The molecule has 6 rings (SSSR count). The van der Waals surface area contributed by atoms with E-state index in [1.165, 1.54) is 14.0 Å². The van der Waals surface area contributed by atoms with E-state index in [0.717, 1.165) is 11.1 Å². The molecule has 2 aromatic rings. The van der Waals surface area contributed by atoms with Crippen LogP contribution >= 0.6 is 0 Å². The summed E-state index contributed by atoms with van der Waals surface area (Å²) in [5, 5.41) is 8.25. The molecule has 12 heteroatoms. The standard InChI is InChI=1S/C37H49N3O9/c1-25(41)39-31-22-26-11-15-29(16-12-26)47-20-8-9-21-48-30-17-13-27(14-18-30)23-32(35(44)46-5)40-34(43)28(24-33(31)42)10-6-7-19-38-36(45)49-37(2,3)4/h8-9,11-18,28,31-32H,6-7,10,19-24H2,1-5H3,(H,38,45)(H,39,41)(H,40,43)/b9-8-/t28-,31-,32-/m0/s1. The number of ketones is 1. The lowest BCUT2D eigenvalue weighted by Gasteiger charge is -2.24. The SMILES string of the molecule is COC(=O)[C@@H]1Cc2ccc(cc2)OC/C=C\COc2ccc(cc2)C[C@H](NC(C)=O)C(=O)C[C@H](CCCCNC(=O)OC(C)(C)C)C(=O)N1. The minimum atomic E-state index is -1.01. The molecule has 4 aliphatic rings. The number of rotatable bonds is 7. The van der Waals surface area contributed by atoms with Gasteiger partial charge in [0.2, 0.25) is 11.8 Å². The molecular formula is C37H49N3O9. The van der Waals surface area contributed by atoms with E-state index in [1.54, 1.807) is 57.2 Å². The van der Waals surface area contributed by atoms with E-state index < -0.39 is 41.6 Å². The van der Waals surface area contributed by atoms with Crippen molar-refractivity contribution in [2.45, 2.75) is 83.9 Å². The van der Waals surface area contributed by atoms with Crippen molar-refractivity contribution in [2.24, 2.45) is 5.92 Å². The average molecular weight is 680 g/mol. The Bertz CT molecular complexity index is 1430. The van der Waals surface area contributed by atoms with Gasteiger partial charge in [-0.3, -0.25) is 14.4 Å². The molecule has 4 bridgehead atoms. The van der Waals surface area contributed by atoms with Gasteiger partial charge < -0.3 is 34.9 Å². The molecule has 4 aliphatic heterocycles. The van der Waals surface area contributed by atoms with E-state index in [0.29, 0.717) is 50.5 Å². The predicted molar refractivity (Wildman–Crippen MR) is 183 cm³/mol. The molecule has 3 N–H and O–H groups in total. The fraction of sp³-hybridized carbons (Fsp3) is 0.486. The van der Waals surface area contributed by atoms with Crippen molar-refractivity contribution in [3.05, 3.63) is 71.8 Å². The van der Waals surface area contributed by atoms with Crippen LogP contribution in [0.1, 0.15) is 64.5 Å².